The highest BCUT2D eigenvalue weighted by molar-refractivity contribution is 5.91. The average molecular weight is 259 g/mol. The predicted molar refractivity (Wildman–Crippen MR) is 52.0 cm³/mol. The summed E-state index contributed by atoms with van der Waals surface area (Å²) < 4.78 is 40.1. The van der Waals surface area contributed by atoms with E-state index in [2.05, 4.69) is 0 Å². The van der Waals surface area contributed by atoms with Crippen molar-refractivity contribution in [2.24, 2.45) is 0 Å². The molecule has 0 heterocycles. The third kappa shape index (κ3) is 2.08. The van der Waals surface area contributed by atoms with Crippen molar-refractivity contribution in [3.8, 4) is 6.07 Å². The lowest BCUT2D eigenvalue weighted by molar-refractivity contribution is -0.386. The Bertz CT molecular complexity index is 595. The van der Waals surface area contributed by atoms with Crippen molar-refractivity contribution < 1.29 is 22.9 Å². The molecule has 9 heteroatoms. The summed E-state index contributed by atoms with van der Waals surface area (Å²) in [4.78, 5) is 19.9. The van der Waals surface area contributed by atoms with Gasteiger partial charge in [0.1, 0.15) is 11.6 Å². The number of rotatable bonds is 2. The molecular weight excluding hydrogens is 255 g/mol. The summed E-state index contributed by atoms with van der Waals surface area (Å²) in [7, 11) is 0. The van der Waals surface area contributed by atoms with Crippen molar-refractivity contribution in [2.45, 2.75) is 6.92 Å². The number of carbonyl (C=O) groups excluding carboxylic acids is 1. The zero-order chi connectivity index (χ0) is 14.0. The molecule has 1 aromatic carbocycles. The third-order valence-electron chi connectivity index (χ3n) is 1.89. The van der Waals surface area contributed by atoms with Crippen LogP contribution in [0.3, 0.4) is 0 Å². The quantitative estimate of drug-likeness (QED) is 0.498. The fraction of sp³-hybridized carbons (Fsp3) is 0.111. The van der Waals surface area contributed by atoms with Crippen molar-refractivity contribution >= 4 is 17.3 Å². The first-order chi connectivity index (χ1) is 8.31. The molecule has 0 aliphatic heterocycles. The van der Waals surface area contributed by atoms with Crippen LogP contribution in [0.1, 0.15) is 12.5 Å². The van der Waals surface area contributed by atoms with Crippen molar-refractivity contribution in [3.05, 3.63) is 33.1 Å². The van der Waals surface area contributed by atoms with Crippen LogP contribution in [0, 0.1) is 38.9 Å². The van der Waals surface area contributed by atoms with Crippen LogP contribution in [-0.4, -0.2) is 10.8 Å². The molecule has 1 N–H and O–H groups in total. The SMILES string of the molecule is CC(=O)Nc1c(F)c(F)c(C#N)c(F)c1[N+](=O)[O-]. The van der Waals surface area contributed by atoms with Gasteiger partial charge in [0.05, 0.1) is 4.92 Å². The Kier molecular flexibility index (Phi) is 3.51. The van der Waals surface area contributed by atoms with Crippen LogP contribution < -0.4 is 5.32 Å². The second-order valence-electron chi connectivity index (χ2n) is 3.09. The number of nitro benzene ring substituents is 1. The number of hydrogen-bond donors (Lipinski definition) is 1. The second kappa shape index (κ2) is 4.70. The summed E-state index contributed by atoms with van der Waals surface area (Å²) in [5.41, 5.74) is -4.17. The number of nitriles is 1. The third-order valence-corrected chi connectivity index (χ3v) is 1.89. The molecule has 0 spiro atoms. The summed E-state index contributed by atoms with van der Waals surface area (Å²) in [6.07, 6.45) is 0. The van der Waals surface area contributed by atoms with Gasteiger partial charge in [-0.2, -0.15) is 9.65 Å². The molecule has 6 nitrogen and oxygen atoms in total. The molecule has 18 heavy (non-hydrogen) atoms. The van der Waals surface area contributed by atoms with E-state index in [1.54, 1.807) is 5.32 Å². The maximum Gasteiger partial charge on any atom is 0.332 e. The van der Waals surface area contributed by atoms with Crippen LogP contribution in [0.25, 0.3) is 0 Å². The molecule has 0 aliphatic carbocycles. The van der Waals surface area contributed by atoms with Gasteiger partial charge in [-0.1, -0.05) is 0 Å². The van der Waals surface area contributed by atoms with Crippen LogP contribution >= 0.6 is 0 Å². The van der Waals surface area contributed by atoms with Crippen molar-refractivity contribution in [2.75, 3.05) is 5.32 Å². The Morgan fingerprint density at radius 1 is 1.33 bits per heavy atom. The van der Waals surface area contributed by atoms with Gasteiger partial charge in [0.2, 0.25) is 11.7 Å². The minimum Gasteiger partial charge on any atom is -0.318 e. The van der Waals surface area contributed by atoms with Gasteiger partial charge in [-0.15, -0.1) is 0 Å². The van der Waals surface area contributed by atoms with Crippen molar-refractivity contribution in [1.82, 2.24) is 0 Å². The van der Waals surface area contributed by atoms with Crippen LogP contribution in [-0.2, 0) is 4.79 Å². The number of amides is 1. The number of halogens is 3. The van der Waals surface area contributed by atoms with E-state index in [4.69, 9.17) is 5.26 Å². The molecular formula is C9H4F3N3O3. The average Bonchev–Trinajstić information content (AvgIpc) is 2.25. The van der Waals surface area contributed by atoms with Gasteiger partial charge >= 0.3 is 5.69 Å². The summed E-state index contributed by atoms with van der Waals surface area (Å²) in [5, 5.41) is 20.6. The summed E-state index contributed by atoms with van der Waals surface area (Å²) in [6, 6.07) is 0.973. The first kappa shape index (κ1) is 13.4. The Labute approximate surface area is 97.8 Å². The highest BCUT2D eigenvalue weighted by atomic mass is 19.2. The number of hydrogen-bond acceptors (Lipinski definition) is 4. The van der Waals surface area contributed by atoms with E-state index >= 15 is 0 Å². The monoisotopic (exact) mass is 259 g/mol. The molecule has 1 amide bonds. The second-order valence-corrected chi connectivity index (χ2v) is 3.09. The van der Waals surface area contributed by atoms with E-state index in [9.17, 15) is 28.1 Å². The number of benzene rings is 1. The molecule has 0 bridgehead atoms. The van der Waals surface area contributed by atoms with E-state index < -0.39 is 45.2 Å². The maximum atomic E-state index is 13.5. The lowest BCUT2D eigenvalue weighted by Crippen LogP contribution is -2.13. The normalized spacial score (nSPS) is 9.72. The highest BCUT2D eigenvalue weighted by Crippen LogP contribution is 2.34. The van der Waals surface area contributed by atoms with E-state index in [0.717, 1.165) is 13.0 Å². The fourth-order valence-corrected chi connectivity index (χ4v) is 1.21. The van der Waals surface area contributed by atoms with Gasteiger partial charge in [-0.05, 0) is 0 Å². The largest absolute Gasteiger partial charge is 0.332 e. The summed E-state index contributed by atoms with van der Waals surface area (Å²) in [6.45, 7) is 0.872. The smallest absolute Gasteiger partial charge is 0.318 e. The molecule has 0 aliphatic rings. The molecule has 0 saturated heterocycles. The van der Waals surface area contributed by atoms with Crippen molar-refractivity contribution in [3.63, 3.8) is 0 Å². The lowest BCUT2D eigenvalue weighted by Gasteiger charge is -2.07. The Hall–Kier alpha value is -2.63. The van der Waals surface area contributed by atoms with Crippen LogP contribution in [0.15, 0.2) is 0 Å². The van der Waals surface area contributed by atoms with E-state index in [-0.39, 0.29) is 0 Å². The first-order valence-electron chi connectivity index (χ1n) is 4.33. The molecule has 0 fully saturated rings. The summed E-state index contributed by atoms with van der Waals surface area (Å²) in [5.74, 6) is -6.56. The molecule has 0 unspecified atom stereocenters. The lowest BCUT2D eigenvalue weighted by atomic mass is 10.1. The summed E-state index contributed by atoms with van der Waals surface area (Å²) >= 11 is 0. The van der Waals surface area contributed by atoms with Gasteiger partial charge in [0.15, 0.2) is 17.3 Å². The number of carbonyl (C=O) groups is 1. The van der Waals surface area contributed by atoms with Crippen LogP contribution in [0.4, 0.5) is 24.5 Å². The molecule has 0 atom stereocenters. The van der Waals surface area contributed by atoms with Gasteiger partial charge in [-0.25, -0.2) is 8.78 Å². The number of nitrogens with one attached hydrogen (secondary N) is 1. The minimum absolute atomic E-state index is 0.872. The predicted octanol–water partition coefficient (Wildman–Crippen LogP) is 1.84. The topological polar surface area (TPSA) is 96.0 Å². The van der Waals surface area contributed by atoms with E-state index in [1.165, 1.54) is 0 Å². The van der Waals surface area contributed by atoms with Gasteiger partial charge < -0.3 is 5.32 Å². The van der Waals surface area contributed by atoms with Gasteiger partial charge in [-0.3, -0.25) is 14.9 Å². The van der Waals surface area contributed by atoms with Crippen LogP contribution in [0.5, 0.6) is 0 Å². The number of nitrogens with zero attached hydrogens (tertiary/aromatic N) is 2. The highest BCUT2D eigenvalue weighted by Gasteiger charge is 2.33. The standard InChI is InChI=1S/C9H4F3N3O3/c1-3(16)14-8-7(12)5(10)4(2-13)6(11)9(8)15(17)18/h1H3,(H,14,16). The number of anilines is 1. The Morgan fingerprint density at radius 3 is 2.28 bits per heavy atom. The zero-order valence-corrected chi connectivity index (χ0v) is 8.75. The van der Waals surface area contributed by atoms with Crippen LogP contribution in [0.2, 0.25) is 0 Å². The fourth-order valence-electron chi connectivity index (χ4n) is 1.21. The maximum absolute atomic E-state index is 13.5. The van der Waals surface area contributed by atoms with Gasteiger partial charge in [0.25, 0.3) is 0 Å². The molecule has 0 saturated carbocycles. The number of nitro groups is 1. The molecule has 0 radical (unpaired) electrons. The molecule has 0 aromatic heterocycles. The Morgan fingerprint density at radius 2 is 1.89 bits per heavy atom. The first-order valence-corrected chi connectivity index (χ1v) is 4.33. The molecule has 1 aromatic rings. The Balaban J connectivity index is 3.75. The molecule has 94 valence electrons. The van der Waals surface area contributed by atoms with E-state index in [1.807, 2.05) is 0 Å². The van der Waals surface area contributed by atoms with Crippen molar-refractivity contribution in [1.29, 1.82) is 5.26 Å². The zero-order valence-electron chi connectivity index (χ0n) is 8.75. The minimum atomic E-state index is -1.90. The molecule has 1 rings (SSSR count). The van der Waals surface area contributed by atoms with E-state index in [0.29, 0.717) is 0 Å². The van der Waals surface area contributed by atoms with Gasteiger partial charge in [0, 0.05) is 6.92 Å².